The molecule has 0 aromatic rings. The largest absolute Gasteiger partial charge is 0.272 e. The van der Waals surface area contributed by atoms with Crippen LogP contribution in [0.4, 0.5) is 0 Å². The molecule has 0 radical (unpaired) electrons. The van der Waals surface area contributed by atoms with E-state index in [1.165, 1.54) is 0 Å². The third-order valence-corrected chi connectivity index (χ3v) is 9.50. The van der Waals surface area contributed by atoms with Crippen molar-refractivity contribution in [2.75, 3.05) is 11.5 Å². The SMILES string of the molecule is O=C1CSC(=S)N1N1C(=O)[C@@H]2C3C=CC([C@@H]2C1=O)[C@@H]1C(=O)N(N2C(=O)CSC2=S)C(=O)[C@H]31. The molecule has 7 aliphatic rings. The summed E-state index contributed by atoms with van der Waals surface area (Å²) in [5.41, 5.74) is 0. The first-order chi connectivity index (χ1) is 15.2. The molecule has 0 unspecified atom stereocenters. The second kappa shape index (κ2) is 6.68. The predicted molar refractivity (Wildman–Crippen MR) is 118 cm³/mol. The van der Waals surface area contributed by atoms with Gasteiger partial charge in [-0.3, -0.25) is 28.8 Å². The highest BCUT2D eigenvalue weighted by Gasteiger charge is 2.70. The summed E-state index contributed by atoms with van der Waals surface area (Å²) in [6, 6.07) is 0. The lowest BCUT2D eigenvalue weighted by Gasteiger charge is -2.44. The molecule has 10 nitrogen and oxygen atoms in total. The van der Waals surface area contributed by atoms with Crippen LogP contribution in [0.5, 0.6) is 0 Å². The molecule has 164 valence electrons. The van der Waals surface area contributed by atoms with Gasteiger partial charge in [0.15, 0.2) is 8.64 Å². The highest BCUT2D eigenvalue weighted by atomic mass is 32.2. The van der Waals surface area contributed by atoms with Gasteiger partial charge in [-0.25, -0.2) is 0 Å². The summed E-state index contributed by atoms with van der Waals surface area (Å²) in [6.07, 6.45) is 3.40. The maximum Gasteiger partial charge on any atom is 0.258 e. The van der Waals surface area contributed by atoms with Crippen LogP contribution < -0.4 is 0 Å². The third kappa shape index (κ3) is 2.33. The van der Waals surface area contributed by atoms with E-state index < -0.39 is 71.0 Å². The standard InChI is InChI=1S/C18H12N4O6S4/c23-7-3-31-17(29)19(7)21-13(25)9-5-1-2-6(11(9)15(21)27)12-10(5)14(26)22(16(12)28)20-8(24)4-32-18(20)30/h1-2,5-6,9-12H,3-4H2/t5?,6?,9-,10-,11+,12+. The van der Waals surface area contributed by atoms with Crippen molar-refractivity contribution in [2.24, 2.45) is 35.5 Å². The number of thioether (sulfide) groups is 2. The van der Waals surface area contributed by atoms with Gasteiger partial charge in [0.25, 0.3) is 35.4 Å². The lowest BCUT2D eigenvalue weighted by molar-refractivity contribution is -0.160. The summed E-state index contributed by atoms with van der Waals surface area (Å²) in [7, 11) is 0. The summed E-state index contributed by atoms with van der Waals surface area (Å²) >= 11 is 12.4. The molecule has 14 heteroatoms. The van der Waals surface area contributed by atoms with Gasteiger partial charge in [-0.1, -0.05) is 60.1 Å². The minimum Gasteiger partial charge on any atom is -0.272 e. The van der Waals surface area contributed by atoms with E-state index >= 15 is 0 Å². The van der Waals surface area contributed by atoms with Crippen molar-refractivity contribution in [3.05, 3.63) is 12.2 Å². The summed E-state index contributed by atoms with van der Waals surface area (Å²) < 4.78 is 0.237. The number of hydrazine groups is 2. The summed E-state index contributed by atoms with van der Waals surface area (Å²) in [6.45, 7) is 0. The van der Waals surface area contributed by atoms with Gasteiger partial charge in [0, 0.05) is 11.8 Å². The first-order valence-corrected chi connectivity index (χ1v) is 12.5. The van der Waals surface area contributed by atoms with Crippen LogP contribution in [0.2, 0.25) is 0 Å². The van der Waals surface area contributed by atoms with Crippen molar-refractivity contribution in [1.29, 1.82) is 0 Å². The molecule has 6 amide bonds. The molecule has 0 aromatic carbocycles. The summed E-state index contributed by atoms with van der Waals surface area (Å²) in [4.78, 5) is 78.0. The Morgan fingerprint density at radius 3 is 1.16 bits per heavy atom. The lowest BCUT2D eigenvalue weighted by Crippen LogP contribution is -2.50. The molecule has 2 bridgehead atoms. The van der Waals surface area contributed by atoms with Crippen LogP contribution in [0.1, 0.15) is 0 Å². The Labute approximate surface area is 199 Å². The predicted octanol–water partition coefficient (Wildman–Crippen LogP) is -0.445. The Morgan fingerprint density at radius 1 is 0.594 bits per heavy atom. The van der Waals surface area contributed by atoms with E-state index in [0.717, 1.165) is 43.6 Å². The number of allylic oxidation sites excluding steroid dienone is 2. The van der Waals surface area contributed by atoms with Crippen LogP contribution in [0.25, 0.3) is 0 Å². The van der Waals surface area contributed by atoms with Crippen LogP contribution in [0.15, 0.2) is 12.2 Å². The van der Waals surface area contributed by atoms with E-state index in [0.29, 0.717) is 0 Å². The monoisotopic (exact) mass is 508 g/mol. The van der Waals surface area contributed by atoms with E-state index in [4.69, 9.17) is 24.4 Å². The Hall–Kier alpha value is -2.16. The Balaban J connectivity index is 1.39. The molecule has 4 heterocycles. The highest BCUT2D eigenvalue weighted by molar-refractivity contribution is 8.24. The molecule has 0 aromatic heterocycles. The smallest absolute Gasteiger partial charge is 0.258 e. The molecule has 4 aliphatic heterocycles. The van der Waals surface area contributed by atoms with Crippen molar-refractivity contribution in [3.63, 3.8) is 0 Å². The minimum absolute atomic E-state index is 0.0370. The summed E-state index contributed by atoms with van der Waals surface area (Å²) in [5.74, 6) is -8.20. The van der Waals surface area contributed by atoms with Gasteiger partial charge in [0.05, 0.1) is 35.2 Å². The van der Waals surface area contributed by atoms with Gasteiger partial charge in [0.2, 0.25) is 0 Å². The summed E-state index contributed by atoms with van der Waals surface area (Å²) in [5, 5.41) is 3.48. The Kier molecular flexibility index (Phi) is 4.27. The third-order valence-electron chi connectivity index (χ3n) is 6.82. The molecule has 7 rings (SSSR count). The Bertz CT molecular complexity index is 977. The number of imide groups is 2. The number of thiocarbonyl (C=S) groups is 2. The number of hydrogen-bond donors (Lipinski definition) is 0. The molecule has 0 N–H and O–H groups in total. The van der Waals surface area contributed by atoms with Gasteiger partial charge < -0.3 is 0 Å². The second-order valence-corrected chi connectivity index (χ2v) is 11.4. The van der Waals surface area contributed by atoms with Gasteiger partial charge >= 0.3 is 0 Å². The quantitative estimate of drug-likeness (QED) is 0.276. The molecule has 0 spiro atoms. The maximum absolute atomic E-state index is 13.3. The zero-order chi connectivity index (χ0) is 22.6. The topological polar surface area (TPSA) is 115 Å². The van der Waals surface area contributed by atoms with E-state index in [2.05, 4.69) is 0 Å². The number of rotatable bonds is 2. The maximum atomic E-state index is 13.3. The molecule has 3 aliphatic carbocycles. The fourth-order valence-corrected chi connectivity index (χ4v) is 7.74. The first kappa shape index (κ1) is 20.4. The minimum atomic E-state index is -0.882. The lowest BCUT2D eigenvalue weighted by atomic mass is 9.54. The van der Waals surface area contributed by atoms with Gasteiger partial charge in [0.1, 0.15) is 0 Å². The molecule has 4 atom stereocenters. The second-order valence-electron chi connectivity index (χ2n) is 8.14. The van der Waals surface area contributed by atoms with Crippen LogP contribution in [0, 0.1) is 35.5 Å². The van der Waals surface area contributed by atoms with Crippen molar-refractivity contribution >= 4 is 92.0 Å². The molecular weight excluding hydrogens is 496 g/mol. The van der Waals surface area contributed by atoms with Crippen molar-refractivity contribution in [3.8, 4) is 0 Å². The average Bonchev–Trinajstić information content (AvgIpc) is 3.44. The van der Waals surface area contributed by atoms with Crippen LogP contribution in [-0.4, -0.2) is 75.6 Å². The molecule has 32 heavy (non-hydrogen) atoms. The highest BCUT2D eigenvalue weighted by Crippen LogP contribution is 2.58. The number of hydrogen-bond acceptors (Lipinski definition) is 10. The van der Waals surface area contributed by atoms with Crippen molar-refractivity contribution in [2.45, 2.75) is 0 Å². The number of carbonyl (C=O) groups excluding carboxylic acids is 6. The van der Waals surface area contributed by atoms with Crippen LogP contribution >= 0.6 is 48.0 Å². The number of carbonyl (C=O) groups is 6. The molecule has 1 saturated carbocycles. The van der Waals surface area contributed by atoms with Gasteiger partial charge in [-0.2, -0.15) is 20.0 Å². The number of amides is 6. The fraction of sp³-hybridized carbons (Fsp3) is 0.444. The Morgan fingerprint density at radius 2 is 0.906 bits per heavy atom. The fourth-order valence-electron chi connectivity index (χ4n) is 5.67. The van der Waals surface area contributed by atoms with E-state index in [9.17, 15) is 28.8 Å². The van der Waals surface area contributed by atoms with E-state index in [1.54, 1.807) is 12.2 Å². The van der Waals surface area contributed by atoms with E-state index in [-0.39, 0.29) is 20.1 Å². The van der Waals surface area contributed by atoms with Crippen molar-refractivity contribution in [1.82, 2.24) is 20.0 Å². The molecular formula is C18H12N4O6S4. The number of nitrogens with zero attached hydrogens (tertiary/aromatic N) is 4. The van der Waals surface area contributed by atoms with E-state index in [1.807, 2.05) is 0 Å². The normalized spacial score (nSPS) is 38.2. The average molecular weight is 509 g/mol. The molecule has 5 fully saturated rings. The zero-order valence-corrected chi connectivity index (χ0v) is 19.2. The first-order valence-electron chi connectivity index (χ1n) is 9.67. The molecule has 4 saturated heterocycles. The van der Waals surface area contributed by atoms with Crippen LogP contribution in [0.3, 0.4) is 0 Å². The van der Waals surface area contributed by atoms with Gasteiger partial charge in [-0.05, 0) is 0 Å². The zero-order valence-electron chi connectivity index (χ0n) is 15.9. The van der Waals surface area contributed by atoms with Crippen molar-refractivity contribution < 1.29 is 28.8 Å². The van der Waals surface area contributed by atoms with Gasteiger partial charge in [-0.15, -0.1) is 0 Å². The van der Waals surface area contributed by atoms with Crippen LogP contribution in [-0.2, 0) is 28.8 Å².